The number of likely N-dealkylation sites (tertiary alicyclic amines) is 1. The van der Waals surface area contributed by atoms with E-state index < -0.39 is 0 Å². The summed E-state index contributed by atoms with van der Waals surface area (Å²) in [6.07, 6.45) is 6.87. The van der Waals surface area contributed by atoms with E-state index in [0.717, 1.165) is 63.3 Å². The molecule has 2 atom stereocenters. The summed E-state index contributed by atoms with van der Waals surface area (Å²) < 4.78 is 0. The Kier molecular flexibility index (Phi) is 9.28. The maximum absolute atomic E-state index is 13.2. The molecule has 0 aliphatic carbocycles. The number of amides is 1. The second kappa shape index (κ2) is 13.2. The third-order valence-corrected chi connectivity index (χ3v) is 8.87. The fourth-order valence-electron chi connectivity index (χ4n) is 5.55. The minimum atomic E-state index is -0.123. The Morgan fingerprint density at radius 2 is 1.68 bits per heavy atom. The van der Waals surface area contributed by atoms with Gasteiger partial charge in [0.15, 0.2) is 0 Å². The largest absolute Gasteiger partial charge is 0.342 e. The molecule has 0 saturated carbocycles. The summed E-state index contributed by atoms with van der Waals surface area (Å²) in [6, 6.07) is 25.5. The number of aromatic nitrogens is 1. The molecule has 2 saturated heterocycles. The molecular weight excluding hydrogens is 488 g/mol. The molecule has 0 bridgehead atoms. The quantitative estimate of drug-likeness (QED) is 0.392. The van der Waals surface area contributed by atoms with Gasteiger partial charge in [-0.3, -0.25) is 15.1 Å². The molecule has 1 aromatic heterocycles. The van der Waals surface area contributed by atoms with Crippen molar-refractivity contribution < 1.29 is 4.79 Å². The number of benzene rings is 2. The fraction of sp³-hybridized carbons (Fsp3) is 0.375. The number of hydrogen-bond acceptors (Lipinski definition) is 5. The molecule has 2 aromatic carbocycles. The summed E-state index contributed by atoms with van der Waals surface area (Å²) in [5.41, 5.74) is 6.71. The minimum Gasteiger partial charge on any atom is -0.342 e. The maximum Gasteiger partial charge on any atom is 0.240 e. The van der Waals surface area contributed by atoms with Gasteiger partial charge in [0.1, 0.15) is 0 Å². The molecule has 2 aliphatic rings. The zero-order chi connectivity index (χ0) is 26.2. The van der Waals surface area contributed by atoms with Crippen molar-refractivity contribution in [2.24, 2.45) is 0 Å². The molecule has 5 rings (SSSR count). The zero-order valence-corrected chi connectivity index (χ0v) is 23.1. The van der Waals surface area contributed by atoms with E-state index in [1.807, 2.05) is 17.2 Å². The normalized spacial score (nSPS) is 19.9. The number of thioether (sulfide) groups is 1. The van der Waals surface area contributed by atoms with Crippen LogP contribution >= 0.6 is 11.8 Å². The van der Waals surface area contributed by atoms with Gasteiger partial charge in [-0.15, -0.1) is 11.8 Å². The number of pyridine rings is 1. The number of carbonyl (C=O) groups is 1. The third kappa shape index (κ3) is 6.55. The predicted molar refractivity (Wildman–Crippen MR) is 158 cm³/mol. The van der Waals surface area contributed by atoms with Crippen LogP contribution in [-0.2, 0) is 4.79 Å². The lowest BCUT2D eigenvalue weighted by molar-refractivity contribution is -0.132. The topological polar surface area (TPSA) is 48.5 Å². The van der Waals surface area contributed by atoms with Crippen LogP contribution < -0.4 is 5.32 Å². The molecule has 1 amide bonds. The molecule has 5 nitrogen and oxygen atoms in total. The van der Waals surface area contributed by atoms with Crippen molar-refractivity contribution in [3.8, 4) is 0 Å². The molecule has 198 valence electrons. The van der Waals surface area contributed by atoms with Crippen LogP contribution in [0.4, 0.5) is 0 Å². The van der Waals surface area contributed by atoms with Gasteiger partial charge >= 0.3 is 0 Å². The number of rotatable bonds is 9. The van der Waals surface area contributed by atoms with Gasteiger partial charge in [0.25, 0.3) is 0 Å². The van der Waals surface area contributed by atoms with E-state index in [0.29, 0.717) is 0 Å². The fourth-order valence-corrected chi connectivity index (χ4v) is 6.76. The molecule has 1 N–H and O–H groups in total. The van der Waals surface area contributed by atoms with Gasteiger partial charge in [-0.05, 0) is 61.1 Å². The maximum atomic E-state index is 13.2. The van der Waals surface area contributed by atoms with Gasteiger partial charge in [-0.25, -0.2) is 0 Å². The first-order valence-electron chi connectivity index (χ1n) is 13.8. The Bertz CT molecular complexity index is 1150. The molecule has 2 aliphatic heterocycles. The van der Waals surface area contributed by atoms with E-state index >= 15 is 0 Å². The molecule has 3 heterocycles. The highest BCUT2D eigenvalue weighted by Gasteiger charge is 2.33. The van der Waals surface area contributed by atoms with Gasteiger partial charge in [0.2, 0.25) is 5.91 Å². The summed E-state index contributed by atoms with van der Waals surface area (Å²) in [7, 11) is 0. The number of hydrogen-bond donors (Lipinski definition) is 1. The monoisotopic (exact) mass is 526 g/mol. The third-order valence-electron chi connectivity index (χ3n) is 7.60. The zero-order valence-electron chi connectivity index (χ0n) is 22.3. The Hall–Kier alpha value is -2.93. The van der Waals surface area contributed by atoms with Crippen LogP contribution in [0.5, 0.6) is 0 Å². The minimum absolute atomic E-state index is 0.123. The second-order valence-corrected chi connectivity index (χ2v) is 11.2. The lowest BCUT2D eigenvalue weighted by Gasteiger charge is -2.31. The average molecular weight is 527 g/mol. The van der Waals surface area contributed by atoms with Gasteiger partial charge in [-0.2, -0.15) is 0 Å². The standard InChI is InChI=1S/C32H38N4OS/c1-2-36(32(37)29-24-38-31(34-29)28-15-9-18-33-23-28)20-10-19-35-21-16-27(17-22-35)30(25-11-5-3-6-12-25)26-13-7-4-8-14-26/h3-9,11-15,18,23,29,31,34H,2,10,16-17,19-22,24H2,1H3. The van der Waals surface area contributed by atoms with Crippen molar-refractivity contribution >= 4 is 23.2 Å². The molecule has 6 heteroatoms. The number of nitrogens with one attached hydrogen (secondary N) is 1. The van der Waals surface area contributed by atoms with Crippen LogP contribution in [0.3, 0.4) is 0 Å². The SMILES string of the molecule is CCN(CCCN1CCC(=C(c2ccccc2)c2ccccc2)CC1)C(=O)C1CSC(c2cccnc2)N1. The van der Waals surface area contributed by atoms with Crippen LogP contribution in [0.1, 0.15) is 48.3 Å². The number of piperidine rings is 1. The van der Waals surface area contributed by atoms with Gasteiger partial charge in [0.05, 0.1) is 11.4 Å². The van der Waals surface area contributed by atoms with Crippen molar-refractivity contribution in [3.05, 3.63) is 107 Å². The smallest absolute Gasteiger partial charge is 0.240 e. The van der Waals surface area contributed by atoms with E-state index in [1.54, 1.807) is 23.5 Å². The Morgan fingerprint density at radius 1 is 1.00 bits per heavy atom. The predicted octanol–water partition coefficient (Wildman–Crippen LogP) is 5.62. The molecule has 3 aromatic rings. The lowest BCUT2D eigenvalue weighted by atomic mass is 9.88. The molecule has 2 fully saturated rings. The molecule has 0 spiro atoms. The van der Waals surface area contributed by atoms with E-state index in [9.17, 15) is 4.79 Å². The average Bonchev–Trinajstić information content (AvgIpc) is 3.48. The summed E-state index contributed by atoms with van der Waals surface area (Å²) >= 11 is 1.79. The van der Waals surface area contributed by atoms with Crippen LogP contribution in [0, 0.1) is 0 Å². The van der Waals surface area contributed by atoms with Gasteiger partial charge in [0, 0.05) is 44.3 Å². The van der Waals surface area contributed by atoms with Crippen molar-refractivity contribution in [1.82, 2.24) is 20.1 Å². The van der Waals surface area contributed by atoms with Crippen molar-refractivity contribution in [1.29, 1.82) is 0 Å². The molecule has 0 radical (unpaired) electrons. The molecule has 2 unspecified atom stereocenters. The highest BCUT2D eigenvalue weighted by molar-refractivity contribution is 7.99. The number of carbonyl (C=O) groups excluding carboxylic acids is 1. The van der Waals surface area contributed by atoms with E-state index in [4.69, 9.17) is 0 Å². The second-order valence-electron chi connectivity index (χ2n) is 10.0. The Morgan fingerprint density at radius 3 is 2.29 bits per heavy atom. The van der Waals surface area contributed by atoms with Crippen molar-refractivity contribution in [3.63, 3.8) is 0 Å². The number of likely N-dealkylation sites (N-methyl/N-ethyl adjacent to an activating group) is 1. The van der Waals surface area contributed by atoms with Crippen molar-refractivity contribution in [2.75, 3.05) is 38.5 Å². The molecule has 38 heavy (non-hydrogen) atoms. The Balaban J connectivity index is 1.13. The summed E-state index contributed by atoms with van der Waals surface area (Å²) in [5, 5.41) is 3.66. The summed E-state index contributed by atoms with van der Waals surface area (Å²) in [6.45, 7) is 6.84. The van der Waals surface area contributed by atoms with E-state index in [2.05, 4.69) is 88.9 Å². The van der Waals surface area contributed by atoms with E-state index in [1.165, 1.54) is 16.7 Å². The summed E-state index contributed by atoms with van der Waals surface area (Å²) in [5.74, 6) is 1.03. The molecular formula is C32H38N4OS. The summed E-state index contributed by atoms with van der Waals surface area (Å²) in [4.78, 5) is 22.1. The van der Waals surface area contributed by atoms with Crippen molar-refractivity contribution in [2.45, 2.75) is 37.6 Å². The highest BCUT2D eigenvalue weighted by Crippen LogP contribution is 2.33. The first-order valence-corrected chi connectivity index (χ1v) is 14.9. The lowest BCUT2D eigenvalue weighted by Crippen LogP contribution is -2.46. The first kappa shape index (κ1) is 26.7. The van der Waals surface area contributed by atoms with Crippen LogP contribution in [-0.4, -0.2) is 65.2 Å². The van der Waals surface area contributed by atoms with Crippen LogP contribution in [0.15, 0.2) is 90.8 Å². The van der Waals surface area contributed by atoms with Gasteiger partial charge < -0.3 is 9.80 Å². The van der Waals surface area contributed by atoms with Crippen LogP contribution in [0.25, 0.3) is 5.57 Å². The van der Waals surface area contributed by atoms with Crippen LogP contribution in [0.2, 0.25) is 0 Å². The first-order chi connectivity index (χ1) is 18.7. The van der Waals surface area contributed by atoms with Gasteiger partial charge in [-0.1, -0.05) is 72.3 Å². The Labute approximate surface area is 231 Å². The number of nitrogens with zero attached hydrogens (tertiary/aromatic N) is 3. The highest BCUT2D eigenvalue weighted by atomic mass is 32.2. The van der Waals surface area contributed by atoms with E-state index in [-0.39, 0.29) is 17.3 Å².